The quantitative estimate of drug-likeness (QED) is 0.397. The highest BCUT2D eigenvalue weighted by Gasteiger charge is 2.40. The summed E-state index contributed by atoms with van der Waals surface area (Å²) in [5.74, 6) is 0.790. The number of furan rings is 1. The van der Waals surface area contributed by atoms with Gasteiger partial charge in [0.15, 0.2) is 11.8 Å². The van der Waals surface area contributed by atoms with Crippen molar-refractivity contribution in [1.82, 2.24) is 4.98 Å². The van der Waals surface area contributed by atoms with Crippen LogP contribution in [-0.2, 0) is 7.05 Å². The number of fused-ring (bicyclic) bond motifs is 5. The molecule has 2 aliphatic rings. The lowest BCUT2D eigenvalue weighted by Gasteiger charge is -2.22. The summed E-state index contributed by atoms with van der Waals surface area (Å²) >= 11 is 0. The molecular formula is C26H27N2O+. The number of hydrogen-bond donors (Lipinski definition) is 0. The number of rotatable bonds is 2. The lowest BCUT2D eigenvalue weighted by atomic mass is 9.83. The molecule has 0 amide bonds. The van der Waals surface area contributed by atoms with Gasteiger partial charge in [-0.2, -0.15) is 0 Å². The van der Waals surface area contributed by atoms with Crippen molar-refractivity contribution in [1.29, 1.82) is 0 Å². The molecule has 2 bridgehead atoms. The van der Waals surface area contributed by atoms with Crippen molar-refractivity contribution in [2.24, 2.45) is 18.9 Å². The first-order valence-corrected chi connectivity index (χ1v) is 10.7. The first-order chi connectivity index (χ1) is 14.4. The van der Waals surface area contributed by atoms with Crippen LogP contribution in [0.2, 0.25) is 0 Å². The second-order valence-electron chi connectivity index (χ2n) is 9.06. The standard InChI is InChI=1S/C26H27N2O/c1-15-4-8-20-21-9-5-16(2)27-26(21)29-25(20)24(15)23-14-19(10-11-28(23)3)22-13-17-6-7-18(22)12-17/h4-5,8-11,14,17-18,22H,6-7,12-13H2,1-3H3/q+1/i22D. The molecule has 3 unspecified atom stereocenters. The molecule has 146 valence electrons. The van der Waals surface area contributed by atoms with Gasteiger partial charge in [-0.3, -0.25) is 0 Å². The predicted molar refractivity (Wildman–Crippen MR) is 116 cm³/mol. The number of hydrogen-bond acceptors (Lipinski definition) is 2. The predicted octanol–water partition coefficient (Wildman–Crippen LogP) is 5.99. The van der Waals surface area contributed by atoms with Crippen LogP contribution in [0.5, 0.6) is 0 Å². The van der Waals surface area contributed by atoms with Gasteiger partial charge in [-0.05, 0) is 74.1 Å². The first-order valence-electron chi connectivity index (χ1n) is 11.2. The average Bonchev–Trinajstić information content (AvgIpc) is 3.41. The number of aromatic nitrogens is 2. The summed E-state index contributed by atoms with van der Waals surface area (Å²) in [6, 6.07) is 12.9. The Kier molecular flexibility index (Phi) is 3.43. The molecule has 3 heteroatoms. The lowest BCUT2D eigenvalue weighted by molar-refractivity contribution is -0.660. The van der Waals surface area contributed by atoms with Crippen molar-refractivity contribution >= 4 is 22.1 Å². The summed E-state index contributed by atoms with van der Waals surface area (Å²) in [6.45, 7) is 4.13. The Morgan fingerprint density at radius 1 is 1.07 bits per heavy atom. The normalized spacial score (nSPS) is 26.5. The van der Waals surface area contributed by atoms with Gasteiger partial charge in [0.2, 0.25) is 11.4 Å². The minimum absolute atomic E-state index is 0.444. The minimum atomic E-state index is -0.444. The fourth-order valence-electron chi connectivity index (χ4n) is 5.66. The van der Waals surface area contributed by atoms with Crippen LogP contribution in [0.3, 0.4) is 0 Å². The summed E-state index contributed by atoms with van der Waals surface area (Å²) in [6.07, 6.45) is 6.86. The van der Waals surface area contributed by atoms with Crippen molar-refractivity contribution in [3.05, 3.63) is 59.4 Å². The summed E-state index contributed by atoms with van der Waals surface area (Å²) < 4.78 is 17.8. The monoisotopic (exact) mass is 384 g/mol. The highest BCUT2D eigenvalue weighted by atomic mass is 16.3. The molecular weight excluding hydrogens is 356 g/mol. The van der Waals surface area contributed by atoms with Crippen LogP contribution >= 0.6 is 0 Å². The smallest absolute Gasteiger partial charge is 0.227 e. The Morgan fingerprint density at radius 2 is 1.93 bits per heavy atom. The van der Waals surface area contributed by atoms with Gasteiger partial charge in [-0.15, -0.1) is 0 Å². The molecule has 3 aromatic heterocycles. The summed E-state index contributed by atoms with van der Waals surface area (Å²) in [5.41, 5.74) is 7.10. The third-order valence-corrected chi connectivity index (χ3v) is 7.17. The molecule has 0 aliphatic heterocycles. The molecule has 3 nitrogen and oxygen atoms in total. The van der Waals surface area contributed by atoms with Crippen molar-refractivity contribution < 1.29 is 10.4 Å². The van der Waals surface area contributed by atoms with Gasteiger partial charge in [0.25, 0.3) is 0 Å². The molecule has 2 saturated carbocycles. The summed E-state index contributed by atoms with van der Waals surface area (Å²) in [7, 11) is 2.08. The third kappa shape index (κ3) is 2.56. The third-order valence-electron chi connectivity index (χ3n) is 7.17. The highest BCUT2D eigenvalue weighted by Crippen LogP contribution is 2.53. The molecule has 29 heavy (non-hydrogen) atoms. The van der Waals surface area contributed by atoms with E-state index in [-0.39, 0.29) is 0 Å². The Bertz CT molecular complexity index is 1320. The zero-order valence-electron chi connectivity index (χ0n) is 18.3. The van der Waals surface area contributed by atoms with E-state index in [1.54, 1.807) is 0 Å². The van der Waals surface area contributed by atoms with Crippen LogP contribution < -0.4 is 4.57 Å². The molecule has 3 atom stereocenters. The van der Waals surface area contributed by atoms with Crippen LogP contribution in [-0.4, -0.2) is 4.98 Å². The maximum absolute atomic E-state index is 9.32. The van der Waals surface area contributed by atoms with Gasteiger partial charge >= 0.3 is 0 Å². The Balaban J connectivity index is 1.59. The van der Waals surface area contributed by atoms with E-state index in [0.29, 0.717) is 11.6 Å². The first kappa shape index (κ1) is 16.2. The van der Waals surface area contributed by atoms with Gasteiger partial charge in [0.1, 0.15) is 7.05 Å². The average molecular weight is 385 g/mol. The molecule has 1 aromatic carbocycles. The number of pyridine rings is 2. The molecule has 0 N–H and O–H groups in total. The topological polar surface area (TPSA) is 29.9 Å². The van der Waals surface area contributed by atoms with Crippen LogP contribution in [0.25, 0.3) is 33.3 Å². The van der Waals surface area contributed by atoms with E-state index in [1.807, 2.05) is 13.0 Å². The van der Waals surface area contributed by atoms with Gasteiger partial charge in [0.05, 0.1) is 5.56 Å². The van der Waals surface area contributed by atoms with Crippen molar-refractivity contribution in [3.63, 3.8) is 0 Å². The summed E-state index contributed by atoms with van der Waals surface area (Å²) in [4.78, 5) is 4.61. The number of aryl methyl sites for hydroxylation is 3. The van der Waals surface area contributed by atoms with E-state index in [4.69, 9.17) is 4.42 Å². The maximum atomic E-state index is 9.32. The van der Waals surface area contributed by atoms with E-state index < -0.39 is 5.89 Å². The fourth-order valence-corrected chi connectivity index (χ4v) is 5.66. The maximum Gasteiger partial charge on any atom is 0.227 e. The molecule has 6 rings (SSSR count). The van der Waals surface area contributed by atoms with Crippen LogP contribution in [0.15, 0.2) is 47.0 Å². The second kappa shape index (κ2) is 6.16. The van der Waals surface area contributed by atoms with Crippen molar-refractivity contribution in [2.45, 2.75) is 45.4 Å². The molecule has 0 saturated heterocycles. The lowest BCUT2D eigenvalue weighted by Crippen LogP contribution is -2.31. The largest absolute Gasteiger partial charge is 0.437 e. The molecule has 2 aliphatic carbocycles. The Hall–Kier alpha value is -2.68. The number of nitrogens with zero attached hydrogens (tertiary/aromatic N) is 2. The second-order valence-corrected chi connectivity index (χ2v) is 9.06. The van der Waals surface area contributed by atoms with E-state index in [0.717, 1.165) is 51.2 Å². The zero-order valence-corrected chi connectivity index (χ0v) is 17.3. The van der Waals surface area contributed by atoms with Crippen molar-refractivity contribution in [3.8, 4) is 11.3 Å². The Labute approximate surface area is 172 Å². The fraction of sp³-hybridized carbons (Fsp3) is 0.385. The van der Waals surface area contributed by atoms with Gasteiger partial charge in [-0.1, -0.05) is 18.6 Å². The van der Waals surface area contributed by atoms with Crippen LogP contribution in [0, 0.1) is 25.7 Å². The highest BCUT2D eigenvalue weighted by molar-refractivity contribution is 6.08. The SMILES string of the molecule is [2H]C1(c2cc[n+](C)c(-c3c(C)ccc4c3oc3nc(C)ccc34)c2)CC2CCC1C2. The molecule has 3 heterocycles. The zero-order chi connectivity index (χ0) is 20.6. The van der Waals surface area contributed by atoms with Crippen LogP contribution in [0.4, 0.5) is 0 Å². The molecule has 4 aromatic rings. The van der Waals surface area contributed by atoms with Crippen LogP contribution in [0.1, 0.15) is 49.8 Å². The van der Waals surface area contributed by atoms with E-state index in [1.165, 1.54) is 24.8 Å². The minimum Gasteiger partial charge on any atom is -0.437 e. The molecule has 0 spiro atoms. The van der Waals surface area contributed by atoms with Gasteiger partial charge < -0.3 is 4.42 Å². The molecule has 0 radical (unpaired) electrons. The van der Waals surface area contributed by atoms with E-state index in [9.17, 15) is 1.37 Å². The van der Waals surface area contributed by atoms with Gasteiger partial charge in [0, 0.05) is 30.0 Å². The summed E-state index contributed by atoms with van der Waals surface area (Å²) in [5, 5.41) is 2.16. The Morgan fingerprint density at radius 3 is 2.72 bits per heavy atom. The molecule has 2 fully saturated rings. The van der Waals surface area contributed by atoms with Crippen molar-refractivity contribution in [2.75, 3.05) is 0 Å². The van der Waals surface area contributed by atoms with E-state index in [2.05, 4.69) is 60.1 Å². The van der Waals surface area contributed by atoms with Gasteiger partial charge in [-0.25, -0.2) is 9.55 Å². The number of benzene rings is 1. The van der Waals surface area contributed by atoms with E-state index >= 15 is 0 Å².